The molecule has 1 atom stereocenters. The molecule has 0 amide bonds. The minimum Gasteiger partial charge on any atom is -0.493 e. The monoisotopic (exact) mass is 384 g/mol. The van der Waals surface area contributed by atoms with Crippen LogP contribution in [0.3, 0.4) is 0 Å². The van der Waals surface area contributed by atoms with Crippen molar-refractivity contribution in [3.63, 3.8) is 0 Å². The van der Waals surface area contributed by atoms with Crippen LogP contribution < -0.4 is 9.47 Å². The fourth-order valence-electron chi connectivity index (χ4n) is 3.15. The van der Waals surface area contributed by atoms with E-state index in [1.807, 2.05) is 30.3 Å². The standard InChI is InChI=1S/C24H32O4/c1-4-10-19(2)11-8-9-16-27-21-14-15-22(24(25)26-3)23(17-21)28-18-20-12-6-5-7-13-20/h5-7,12-15,17,19H,4,8-11,16,18H2,1-3H3. The second kappa shape index (κ2) is 12.1. The first kappa shape index (κ1) is 21.8. The number of methoxy groups -OCH3 is 1. The number of ether oxygens (including phenoxy) is 3. The first-order valence-electron chi connectivity index (χ1n) is 10.2. The predicted octanol–water partition coefficient (Wildman–Crippen LogP) is 6.04. The van der Waals surface area contributed by atoms with Gasteiger partial charge in [0, 0.05) is 6.07 Å². The molecule has 0 saturated heterocycles. The van der Waals surface area contributed by atoms with Gasteiger partial charge >= 0.3 is 5.97 Å². The molecule has 0 N–H and O–H groups in total. The summed E-state index contributed by atoms with van der Waals surface area (Å²) >= 11 is 0. The van der Waals surface area contributed by atoms with Gasteiger partial charge in [-0.3, -0.25) is 0 Å². The number of unbranched alkanes of at least 4 members (excludes halogenated alkanes) is 1. The third-order valence-corrected chi connectivity index (χ3v) is 4.74. The lowest BCUT2D eigenvalue weighted by molar-refractivity contribution is 0.0595. The summed E-state index contributed by atoms with van der Waals surface area (Å²) < 4.78 is 16.6. The summed E-state index contributed by atoms with van der Waals surface area (Å²) in [5, 5.41) is 0. The van der Waals surface area contributed by atoms with Crippen LogP contribution in [0.15, 0.2) is 48.5 Å². The van der Waals surface area contributed by atoms with E-state index in [1.165, 1.54) is 32.8 Å². The maximum Gasteiger partial charge on any atom is 0.341 e. The maximum absolute atomic E-state index is 12.0. The van der Waals surface area contributed by atoms with E-state index in [4.69, 9.17) is 14.2 Å². The zero-order valence-corrected chi connectivity index (χ0v) is 17.3. The molecule has 0 heterocycles. The lowest BCUT2D eigenvalue weighted by atomic mass is 9.99. The molecule has 4 heteroatoms. The highest BCUT2D eigenvalue weighted by atomic mass is 16.5. The molecular formula is C24H32O4. The van der Waals surface area contributed by atoms with Gasteiger partial charge in [-0.05, 0) is 36.5 Å². The fourth-order valence-corrected chi connectivity index (χ4v) is 3.15. The topological polar surface area (TPSA) is 44.8 Å². The van der Waals surface area contributed by atoms with Crippen molar-refractivity contribution in [2.75, 3.05) is 13.7 Å². The third kappa shape index (κ3) is 7.26. The number of hydrogen-bond donors (Lipinski definition) is 0. The van der Waals surface area contributed by atoms with Crippen molar-refractivity contribution in [3.8, 4) is 11.5 Å². The van der Waals surface area contributed by atoms with Gasteiger partial charge in [0.15, 0.2) is 0 Å². The molecule has 0 spiro atoms. The quantitative estimate of drug-likeness (QED) is 0.331. The molecule has 0 bridgehead atoms. The van der Waals surface area contributed by atoms with E-state index in [-0.39, 0.29) is 0 Å². The van der Waals surface area contributed by atoms with Crippen LogP contribution in [0.25, 0.3) is 0 Å². The summed E-state index contributed by atoms with van der Waals surface area (Å²) in [4.78, 5) is 12.0. The first-order valence-corrected chi connectivity index (χ1v) is 10.2. The molecule has 2 rings (SSSR count). The molecule has 0 fully saturated rings. The van der Waals surface area contributed by atoms with Gasteiger partial charge in [0.1, 0.15) is 23.7 Å². The highest BCUT2D eigenvalue weighted by Crippen LogP contribution is 2.27. The Morgan fingerprint density at radius 3 is 2.50 bits per heavy atom. The van der Waals surface area contributed by atoms with Gasteiger partial charge in [-0.25, -0.2) is 4.79 Å². The molecule has 0 saturated carbocycles. The molecule has 0 aliphatic rings. The van der Waals surface area contributed by atoms with Crippen molar-refractivity contribution in [1.82, 2.24) is 0 Å². The SMILES string of the molecule is CCCC(C)CCCCOc1ccc(C(=O)OC)c(OCc2ccccc2)c1. The Bertz CT molecular complexity index is 712. The van der Waals surface area contributed by atoms with Gasteiger partial charge in [0.2, 0.25) is 0 Å². The van der Waals surface area contributed by atoms with Gasteiger partial charge in [-0.1, -0.05) is 63.4 Å². The number of hydrogen-bond acceptors (Lipinski definition) is 4. The second-order valence-electron chi connectivity index (χ2n) is 7.16. The van der Waals surface area contributed by atoms with Crippen molar-refractivity contribution in [2.24, 2.45) is 5.92 Å². The van der Waals surface area contributed by atoms with Crippen molar-refractivity contribution in [3.05, 3.63) is 59.7 Å². The normalized spacial score (nSPS) is 11.7. The summed E-state index contributed by atoms with van der Waals surface area (Å²) in [5.74, 6) is 1.55. The maximum atomic E-state index is 12.0. The van der Waals surface area contributed by atoms with Crippen molar-refractivity contribution in [1.29, 1.82) is 0 Å². The van der Waals surface area contributed by atoms with Crippen LogP contribution in [-0.2, 0) is 11.3 Å². The summed E-state index contributed by atoms with van der Waals surface area (Å²) in [6.07, 6.45) is 5.96. The largest absolute Gasteiger partial charge is 0.493 e. The van der Waals surface area contributed by atoms with Crippen LogP contribution >= 0.6 is 0 Å². The van der Waals surface area contributed by atoms with Gasteiger partial charge in [0.25, 0.3) is 0 Å². The number of carbonyl (C=O) groups excluding carboxylic acids is 1. The molecule has 0 aliphatic heterocycles. The van der Waals surface area contributed by atoms with Gasteiger partial charge in [-0.2, -0.15) is 0 Å². The van der Waals surface area contributed by atoms with Crippen LogP contribution in [0.1, 0.15) is 61.9 Å². The lowest BCUT2D eigenvalue weighted by Gasteiger charge is -2.13. The van der Waals surface area contributed by atoms with E-state index in [0.29, 0.717) is 30.3 Å². The summed E-state index contributed by atoms with van der Waals surface area (Å²) in [6.45, 7) is 5.58. The van der Waals surface area contributed by atoms with E-state index in [0.717, 1.165) is 17.9 Å². The van der Waals surface area contributed by atoms with E-state index in [1.54, 1.807) is 18.2 Å². The summed E-state index contributed by atoms with van der Waals surface area (Å²) in [7, 11) is 1.37. The summed E-state index contributed by atoms with van der Waals surface area (Å²) in [6, 6.07) is 15.1. The Morgan fingerprint density at radius 2 is 1.79 bits per heavy atom. The predicted molar refractivity (Wildman–Crippen MR) is 112 cm³/mol. The number of benzene rings is 2. The first-order chi connectivity index (χ1) is 13.6. The van der Waals surface area contributed by atoms with E-state index < -0.39 is 5.97 Å². The van der Waals surface area contributed by atoms with Crippen LogP contribution in [-0.4, -0.2) is 19.7 Å². The Hall–Kier alpha value is -2.49. The van der Waals surface area contributed by atoms with Crippen LogP contribution in [0.4, 0.5) is 0 Å². The van der Waals surface area contributed by atoms with Gasteiger partial charge in [0.05, 0.1) is 13.7 Å². The summed E-state index contributed by atoms with van der Waals surface area (Å²) in [5.41, 5.74) is 1.44. The average Bonchev–Trinajstić information content (AvgIpc) is 2.72. The van der Waals surface area contributed by atoms with Crippen molar-refractivity contribution in [2.45, 2.75) is 52.6 Å². The minimum atomic E-state index is -0.417. The number of rotatable bonds is 12. The molecule has 2 aromatic rings. The Morgan fingerprint density at radius 1 is 1.00 bits per heavy atom. The van der Waals surface area contributed by atoms with Crippen molar-refractivity contribution >= 4 is 5.97 Å². The molecule has 0 radical (unpaired) electrons. The molecule has 1 unspecified atom stereocenters. The zero-order valence-electron chi connectivity index (χ0n) is 17.3. The number of carbonyl (C=O) groups is 1. The smallest absolute Gasteiger partial charge is 0.341 e. The molecular weight excluding hydrogens is 352 g/mol. The van der Waals surface area contributed by atoms with E-state index >= 15 is 0 Å². The Kier molecular flexibility index (Phi) is 9.40. The Balaban J connectivity index is 1.93. The third-order valence-electron chi connectivity index (χ3n) is 4.74. The minimum absolute atomic E-state index is 0.379. The molecule has 4 nitrogen and oxygen atoms in total. The second-order valence-corrected chi connectivity index (χ2v) is 7.16. The van der Waals surface area contributed by atoms with Crippen molar-refractivity contribution < 1.29 is 19.0 Å². The van der Waals surface area contributed by atoms with Crippen LogP contribution in [0.2, 0.25) is 0 Å². The Labute approximate surface area is 168 Å². The fraction of sp³-hybridized carbons (Fsp3) is 0.458. The van der Waals surface area contributed by atoms with Gasteiger partial charge in [-0.15, -0.1) is 0 Å². The molecule has 0 aliphatic carbocycles. The highest BCUT2D eigenvalue weighted by Gasteiger charge is 2.14. The van der Waals surface area contributed by atoms with E-state index in [9.17, 15) is 4.79 Å². The van der Waals surface area contributed by atoms with E-state index in [2.05, 4.69) is 13.8 Å². The lowest BCUT2D eigenvalue weighted by Crippen LogP contribution is -2.07. The van der Waals surface area contributed by atoms with Crippen LogP contribution in [0, 0.1) is 5.92 Å². The molecule has 152 valence electrons. The number of esters is 1. The zero-order chi connectivity index (χ0) is 20.2. The molecule has 0 aromatic heterocycles. The molecule has 28 heavy (non-hydrogen) atoms. The highest BCUT2D eigenvalue weighted by molar-refractivity contribution is 5.92. The molecule has 2 aromatic carbocycles. The average molecular weight is 385 g/mol. The van der Waals surface area contributed by atoms with Crippen LogP contribution in [0.5, 0.6) is 11.5 Å². The van der Waals surface area contributed by atoms with Gasteiger partial charge < -0.3 is 14.2 Å².